The Balaban J connectivity index is 2.75. The molecule has 96 valence electrons. The van der Waals surface area contributed by atoms with E-state index in [1.54, 1.807) is 0 Å². The highest BCUT2D eigenvalue weighted by Gasteiger charge is 2.18. The molecule has 0 aliphatic rings. The standard InChI is InChI=1S/C10H9NO6S/c1-6(12)16-7-3-4-9-8(5-7)11(10(13)17-9)18(2,14)15/h3-5H,1-2H3. The van der Waals surface area contributed by atoms with Crippen molar-refractivity contribution in [1.29, 1.82) is 0 Å². The second kappa shape index (κ2) is 3.98. The number of fused-ring (bicyclic) bond motifs is 1. The predicted molar refractivity (Wildman–Crippen MR) is 62.0 cm³/mol. The number of oxazole rings is 1. The minimum atomic E-state index is -3.79. The maximum atomic E-state index is 11.5. The quantitative estimate of drug-likeness (QED) is 0.577. The average molecular weight is 271 g/mol. The molecule has 0 radical (unpaired) electrons. The molecule has 0 atom stereocenters. The summed E-state index contributed by atoms with van der Waals surface area (Å²) in [5.74, 6) is -1.42. The number of rotatable bonds is 2. The molecule has 0 saturated carbocycles. The fraction of sp³-hybridized carbons (Fsp3) is 0.200. The molecule has 7 nitrogen and oxygen atoms in total. The molecular weight excluding hydrogens is 262 g/mol. The van der Waals surface area contributed by atoms with Crippen molar-refractivity contribution in [2.45, 2.75) is 6.92 Å². The van der Waals surface area contributed by atoms with E-state index in [1.165, 1.54) is 25.1 Å². The fourth-order valence-electron chi connectivity index (χ4n) is 1.52. The van der Waals surface area contributed by atoms with Gasteiger partial charge in [-0.15, -0.1) is 0 Å². The fourth-order valence-corrected chi connectivity index (χ4v) is 2.33. The van der Waals surface area contributed by atoms with Crippen molar-refractivity contribution in [1.82, 2.24) is 3.97 Å². The first-order valence-corrected chi connectivity index (χ1v) is 6.68. The number of ether oxygens (including phenoxy) is 1. The van der Waals surface area contributed by atoms with E-state index in [9.17, 15) is 18.0 Å². The van der Waals surface area contributed by atoms with Crippen LogP contribution in [0.3, 0.4) is 0 Å². The summed E-state index contributed by atoms with van der Waals surface area (Å²) in [6.07, 6.45) is 0.877. The van der Waals surface area contributed by atoms with Crippen molar-refractivity contribution in [2.24, 2.45) is 0 Å². The van der Waals surface area contributed by atoms with Crippen LogP contribution in [0.5, 0.6) is 5.75 Å². The second-order valence-corrected chi connectivity index (χ2v) is 5.45. The third-order valence-corrected chi connectivity index (χ3v) is 3.11. The summed E-state index contributed by atoms with van der Waals surface area (Å²) in [5.41, 5.74) is 0.127. The number of esters is 1. The van der Waals surface area contributed by atoms with Crippen molar-refractivity contribution >= 4 is 27.1 Å². The number of carbonyl (C=O) groups is 1. The monoisotopic (exact) mass is 271 g/mol. The molecule has 1 heterocycles. The van der Waals surface area contributed by atoms with Gasteiger partial charge in [0.05, 0.1) is 6.26 Å². The van der Waals surface area contributed by atoms with Crippen LogP contribution in [0, 0.1) is 0 Å². The largest absolute Gasteiger partial charge is 0.434 e. The summed E-state index contributed by atoms with van der Waals surface area (Å²) >= 11 is 0. The third kappa shape index (κ3) is 2.14. The van der Waals surface area contributed by atoms with Gasteiger partial charge in [-0.1, -0.05) is 0 Å². The van der Waals surface area contributed by atoms with E-state index in [-0.39, 0.29) is 16.8 Å². The summed E-state index contributed by atoms with van der Waals surface area (Å²) in [6, 6.07) is 4.01. The summed E-state index contributed by atoms with van der Waals surface area (Å²) in [6.45, 7) is 1.21. The lowest BCUT2D eigenvalue weighted by atomic mass is 10.3. The molecule has 0 aliphatic heterocycles. The van der Waals surface area contributed by atoms with E-state index in [4.69, 9.17) is 9.15 Å². The molecule has 1 aromatic heterocycles. The summed E-state index contributed by atoms with van der Waals surface area (Å²) in [7, 11) is -3.79. The van der Waals surface area contributed by atoms with Crippen LogP contribution in [-0.2, 0) is 14.8 Å². The average Bonchev–Trinajstić information content (AvgIpc) is 2.51. The van der Waals surface area contributed by atoms with Crippen LogP contribution in [0.15, 0.2) is 27.4 Å². The van der Waals surface area contributed by atoms with Crippen LogP contribution >= 0.6 is 0 Å². The van der Waals surface area contributed by atoms with E-state index < -0.39 is 21.7 Å². The molecule has 0 bridgehead atoms. The lowest BCUT2D eigenvalue weighted by molar-refractivity contribution is -0.131. The van der Waals surface area contributed by atoms with Crippen molar-refractivity contribution < 1.29 is 22.4 Å². The Morgan fingerprint density at radius 2 is 2.06 bits per heavy atom. The number of aromatic nitrogens is 1. The molecule has 2 aromatic rings. The van der Waals surface area contributed by atoms with Crippen LogP contribution in [0.25, 0.3) is 11.1 Å². The Kier molecular flexibility index (Phi) is 2.74. The minimum absolute atomic E-state index is 0.0289. The molecule has 18 heavy (non-hydrogen) atoms. The zero-order chi connectivity index (χ0) is 13.5. The predicted octanol–water partition coefficient (Wildman–Crippen LogP) is 0.328. The Morgan fingerprint density at radius 3 is 2.61 bits per heavy atom. The van der Waals surface area contributed by atoms with Gasteiger partial charge in [-0.25, -0.2) is 13.2 Å². The van der Waals surface area contributed by atoms with E-state index >= 15 is 0 Å². The topological polar surface area (TPSA) is 95.6 Å². The first-order chi connectivity index (χ1) is 8.29. The highest BCUT2D eigenvalue weighted by molar-refractivity contribution is 7.89. The SMILES string of the molecule is CC(=O)Oc1ccc2oc(=O)n(S(C)(=O)=O)c2c1. The number of nitrogens with zero attached hydrogens (tertiary/aromatic N) is 1. The molecule has 1 aromatic carbocycles. The zero-order valence-electron chi connectivity index (χ0n) is 9.54. The van der Waals surface area contributed by atoms with Gasteiger partial charge in [0.15, 0.2) is 5.58 Å². The van der Waals surface area contributed by atoms with E-state index in [2.05, 4.69) is 0 Å². The molecule has 0 aliphatic carbocycles. The van der Waals surface area contributed by atoms with E-state index in [0.29, 0.717) is 3.97 Å². The van der Waals surface area contributed by atoms with Crippen LogP contribution in [0.4, 0.5) is 0 Å². The molecule has 0 amide bonds. The van der Waals surface area contributed by atoms with Gasteiger partial charge in [0.25, 0.3) is 0 Å². The molecule has 0 saturated heterocycles. The lowest BCUT2D eigenvalue weighted by Crippen LogP contribution is -2.21. The molecular formula is C10H9NO6S. The molecule has 0 unspecified atom stereocenters. The van der Waals surface area contributed by atoms with E-state index in [0.717, 1.165) is 6.26 Å². The number of benzene rings is 1. The Hall–Kier alpha value is -2.09. The number of carbonyl (C=O) groups excluding carboxylic acids is 1. The van der Waals surface area contributed by atoms with Crippen LogP contribution < -0.4 is 10.5 Å². The van der Waals surface area contributed by atoms with Crippen molar-refractivity contribution in [3.8, 4) is 5.75 Å². The first kappa shape index (κ1) is 12.4. The summed E-state index contributed by atoms with van der Waals surface area (Å²) < 4.78 is 33.0. The first-order valence-electron chi connectivity index (χ1n) is 4.83. The van der Waals surface area contributed by atoms with Gasteiger partial charge in [-0.3, -0.25) is 4.79 Å². The Bertz CT molecular complexity index is 782. The highest BCUT2D eigenvalue weighted by atomic mass is 32.2. The van der Waals surface area contributed by atoms with Crippen molar-refractivity contribution in [3.63, 3.8) is 0 Å². The van der Waals surface area contributed by atoms with Crippen LogP contribution in [0.2, 0.25) is 0 Å². The summed E-state index contributed by atoms with van der Waals surface area (Å²) in [5, 5.41) is 0. The van der Waals surface area contributed by atoms with E-state index in [1.807, 2.05) is 0 Å². The maximum Gasteiger partial charge on any atom is 0.434 e. The van der Waals surface area contributed by atoms with Gasteiger partial charge in [0.1, 0.15) is 11.3 Å². The van der Waals surface area contributed by atoms with Gasteiger partial charge < -0.3 is 9.15 Å². The van der Waals surface area contributed by atoms with Crippen LogP contribution in [-0.4, -0.2) is 24.6 Å². The normalized spacial score (nSPS) is 11.7. The Morgan fingerprint density at radius 1 is 1.39 bits per heavy atom. The van der Waals surface area contributed by atoms with Crippen molar-refractivity contribution in [2.75, 3.05) is 6.26 Å². The lowest BCUT2D eigenvalue weighted by Gasteiger charge is -2.01. The zero-order valence-corrected chi connectivity index (χ0v) is 10.4. The molecule has 8 heteroatoms. The molecule has 0 fully saturated rings. The van der Waals surface area contributed by atoms with Gasteiger partial charge in [-0.2, -0.15) is 3.97 Å². The van der Waals surface area contributed by atoms with Gasteiger partial charge in [0.2, 0.25) is 10.0 Å². The minimum Gasteiger partial charge on any atom is -0.427 e. The molecule has 0 N–H and O–H groups in total. The van der Waals surface area contributed by atoms with Gasteiger partial charge >= 0.3 is 11.7 Å². The van der Waals surface area contributed by atoms with Gasteiger partial charge in [-0.05, 0) is 12.1 Å². The van der Waals surface area contributed by atoms with Crippen molar-refractivity contribution in [3.05, 3.63) is 28.7 Å². The number of hydrogen-bond acceptors (Lipinski definition) is 6. The second-order valence-electron chi connectivity index (χ2n) is 3.62. The third-order valence-electron chi connectivity index (χ3n) is 2.11. The van der Waals surface area contributed by atoms with Gasteiger partial charge in [0, 0.05) is 13.0 Å². The molecule has 2 rings (SSSR count). The maximum absolute atomic E-state index is 11.5. The number of hydrogen-bond donors (Lipinski definition) is 0. The molecule has 0 spiro atoms. The van der Waals surface area contributed by atoms with Crippen LogP contribution in [0.1, 0.15) is 6.92 Å². The summed E-state index contributed by atoms with van der Waals surface area (Å²) in [4.78, 5) is 22.2. The smallest absolute Gasteiger partial charge is 0.427 e. The highest BCUT2D eigenvalue weighted by Crippen LogP contribution is 2.21. The Labute approximate surface area is 102 Å².